The Kier molecular flexibility index (Phi) is 3.25. The molecule has 0 bridgehead atoms. The number of amides is 1. The van der Waals surface area contributed by atoms with Crippen molar-refractivity contribution in [2.75, 3.05) is 6.61 Å². The van der Waals surface area contributed by atoms with Gasteiger partial charge in [0.05, 0.1) is 0 Å². The maximum absolute atomic E-state index is 12.1. The molecule has 2 aromatic rings. The van der Waals surface area contributed by atoms with Gasteiger partial charge in [0, 0.05) is 18.0 Å². The summed E-state index contributed by atoms with van der Waals surface area (Å²) in [4.78, 5) is 12.1. The molecule has 0 spiro atoms. The van der Waals surface area contributed by atoms with Crippen LogP contribution in [0.15, 0.2) is 34.7 Å². The van der Waals surface area contributed by atoms with E-state index in [1.54, 1.807) is 6.07 Å². The number of hydrogen-bond acceptors (Lipinski definition) is 3. The Bertz CT molecular complexity index is 553. The smallest absolute Gasteiger partial charge is 0.287 e. The van der Waals surface area contributed by atoms with E-state index >= 15 is 0 Å². The summed E-state index contributed by atoms with van der Waals surface area (Å²) in [5.74, 6) is 0.659. The molecule has 4 nitrogen and oxygen atoms in total. The van der Waals surface area contributed by atoms with Crippen LogP contribution in [0, 0.1) is 5.92 Å². The van der Waals surface area contributed by atoms with E-state index in [9.17, 15) is 4.79 Å². The summed E-state index contributed by atoms with van der Waals surface area (Å²) in [5.41, 5.74) is 0.720. The van der Waals surface area contributed by atoms with Gasteiger partial charge in [-0.1, -0.05) is 18.2 Å². The second-order valence-corrected chi connectivity index (χ2v) is 5.08. The van der Waals surface area contributed by atoms with Crippen LogP contribution < -0.4 is 5.32 Å². The molecule has 1 heterocycles. The SMILES string of the molecule is O=C(NC(CCO)C1CC1)c1cc2ccccc2o1. The zero-order chi connectivity index (χ0) is 13.2. The van der Waals surface area contributed by atoms with Crippen molar-refractivity contribution >= 4 is 16.9 Å². The Morgan fingerprint density at radius 3 is 2.89 bits per heavy atom. The second kappa shape index (κ2) is 5.05. The fraction of sp³-hybridized carbons (Fsp3) is 0.400. The Balaban J connectivity index is 1.75. The Morgan fingerprint density at radius 1 is 1.42 bits per heavy atom. The van der Waals surface area contributed by atoms with E-state index in [1.165, 1.54) is 0 Å². The van der Waals surface area contributed by atoms with E-state index in [0.717, 1.165) is 23.8 Å². The van der Waals surface area contributed by atoms with Crippen LogP contribution in [0.3, 0.4) is 0 Å². The lowest BCUT2D eigenvalue weighted by Gasteiger charge is -2.15. The molecule has 1 atom stereocenters. The van der Waals surface area contributed by atoms with Crippen LogP contribution >= 0.6 is 0 Å². The maximum atomic E-state index is 12.1. The lowest BCUT2D eigenvalue weighted by Crippen LogP contribution is -2.36. The molecular weight excluding hydrogens is 242 g/mol. The molecule has 1 unspecified atom stereocenters. The first kappa shape index (κ1) is 12.2. The second-order valence-electron chi connectivity index (χ2n) is 5.08. The number of furan rings is 1. The number of benzene rings is 1. The van der Waals surface area contributed by atoms with Gasteiger partial charge in [0.15, 0.2) is 5.76 Å². The average molecular weight is 259 g/mol. The zero-order valence-corrected chi connectivity index (χ0v) is 10.6. The van der Waals surface area contributed by atoms with Crippen LogP contribution in [0.2, 0.25) is 0 Å². The number of fused-ring (bicyclic) bond motifs is 1. The topological polar surface area (TPSA) is 62.5 Å². The average Bonchev–Trinajstić information content (AvgIpc) is 3.16. The molecule has 1 amide bonds. The molecule has 2 N–H and O–H groups in total. The molecule has 1 saturated carbocycles. The number of carbonyl (C=O) groups excluding carboxylic acids is 1. The number of aliphatic hydroxyl groups is 1. The molecule has 1 aliphatic rings. The monoisotopic (exact) mass is 259 g/mol. The molecule has 0 saturated heterocycles. The number of para-hydroxylation sites is 1. The Morgan fingerprint density at radius 2 is 2.21 bits per heavy atom. The first-order valence-corrected chi connectivity index (χ1v) is 6.68. The number of rotatable bonds is 5. The van der Waals surface area contributed by atoms with E-state index < -0.39 is 0 Å². The van der Waals surface area contributed by atoms with Crippen molar-refractivity contribution in [3.8, 4) is 0 Å². The summed E-state index contributed by atoms with van der Waals surface area (Å²) in [7, 11) is 0. The zero-order valence-electron chi connectivity index (χ0n) is 10.6. The molecule has 3 rings (SSSR count). The van der Waals surface area contributed by atoms with E-state index in [4.69, 9.17) is 9.52 Å². The summed E-state index contributed by atoms with van der Waals surface area (Å²) < 4.78 is 5.53. The van der Waals surface area contributed by atoms with Crippen LogP contribution in [0.5, 0.6) is 0 Å². The van der Waals surface area contributed by atoms with Crippen molar-refractivity contribution in [3.05, 3.63) is 36.1 Å². The number of aliphatic hydroxyl groups excluding tert-OH is 1. The third kappa shape index (κ3) is 2.63. The fourth-order valence-electron chi connectivity index (χ4n) is 2.40. The highest BCUT2D eigenvalue weighted by atomic mass is 16.3. The quantitative estimate of drug-likeness (QED) is 0.866. The molecule has 100 valence electrons. The molecule has 1 fully saturated rings. The normalized spacial score (nSPS) is 16.5. The minimum Gasteiger partial charge on any atom is -0.451 e. The Labute approximate surface area is 111 Å². The largest absolute Gasteiger partial charge is 0.451 e. The molecule has 0 aliphatic heterocycles. The molecular formula is C15H17NO3. The highest BCUT2D eigenvalue weighted by Crippen LogP contribution is 2.34. The van der Waals surface area contributed by atoms with Crippen molar-refractivity contribution in [2.24, 2.45) is 5.92 Å². The van der Waals surface area contributed by atoms with Crippen LogP contribution in [0.1, 0.15) is 29.8 Å². The minimum absolute atomic E-state index is 0.0608. The highest BCUT2D eigenvalue weighted by Gasteiger charge is 2.32. The van der Waals surface area contributed by atoms with E-state index in [1.807, 2.05) is 24.3 Å². The predicted molar refractivity (Wildman–Crippen MR) is 71.9 cm³/mol. The number of hydrogen-bond donors (Lipinski definition) is 2. The van der Waals surface area contributed by atoms with Crippen molar-refractivity contribution in [1.29, 1.82) is 0 Å². The lowest BCUT2D eigenvalue weighted by atomic mass is 10.1. The van der Waals surface area contributed by atoms with Gasteiger partial charge < -0.3 is 14.8 Å². The van der Waals surface area contributed by atoms with Gasteiger partial charge in [0.1, 0.15) is 5.58 Å². The summed E-state index contributed by atoms with van der Waals surface area (Å²) in [6, 6.07) is 9.38. The highest BCUT2D eigenvalue weighted by molar-refractivity contribution is 5.96. The first-order valence-electron chi connectivity index (χ1n) is 6.68. The molecule has 0 radical (unpaired) electrons. The number of nitrogens with one attached hydrogen (secondary N) is 1. The molecule has 1 aliphatic carbocycles. The van der Waals surface area contributed by atoms with Gasteiger partial charge in [0.25, 0.3) is 5.91 Å². The third-order valence-corrected chi connectivity index (χ3v) is 3.60. The summed E-state index contributed by atoms with van der Waals surface area (Å²) in [6.45, 7) is 0.0988. The summed E-state index contributed by atoms with van der Waals surface area (Å²) in [6.07, 6.45) is 2.87. The standard InChI is InChI=1S/C15H17NO3/c17-8-7-12(10-5-6-10)16-15(18)14-9-11-3-1-2-4-13(11)19-14/h1-4,9-10,12,17H,5-8H2,(H,16,18). The van der Waals surface area contributed by atoms with Crippen molar-refractivity contribution < 1.29 is 14.3 Å². The van der Waals surface area contributed by atoms with Gasteiger partial charge in [-0.3, -0.25) is 4.79 Å². The Hall–Kier alpha value is -1.81. The summed E-state index contributed by atoms with van der Waals surface area (Å²) >= 11 is 0. The van der Waals surface area contributed by atoms with Crippen molar-refractivity contribution in [1.82, 2.24) is 5.32 Å². The van der Waals surface area contributed by atoms with Crippen molar-refractivity contribution in [3.63, 3.8) is 0 Å². The van der Waals surface area contributed by atoms with Gasteiger partial charge in [-0.2, -0.15) is 0 Å². The van der Waals surface area contributed by atoms with Gasteiger partial charge in [-0.05, 0) is 37.3 Å². The van der Waals surface area contributed by atoms with Crippen LogP contribution in [-0.4, -0.2) is 23.7 Å². The lowest BCUT2D eigenvalue weighted by molar-refractivity contribution is 0.0898. The molecule has 1 aromatic carbocycles. The maximum Gasteiger partial charge on any atom is 0.287 e. The van der Waals surface area contributed by atoms with E-state index in [2.05, 4.69) is 5.32 Å². The summed E-state index contributed by atoms with van der Waals surface area (Å²) in [5, 5.41) is 12.9. The third-order valence-electron chi connectivity index (χ3n) is 3.60. The molecule has 19 heavy (non-hydrogen) atoms. The minimum atomic E-state index is -0.193. The fourth-order valence-corrected chi connectivity index (χ4v) is 2.40. The van der Waals surface area contributed by atoms with Crippen LogP contribution in [-0.2, 0) is 0 Å². The van der Waals surface area contributed by atoms with Gasteiger partial charge in [0.2, 0.25) is 0 Å². The van der Waals surface area contributed by atoms with E-state index in [0.29, 0.717) is 18.1 Å². The predicted octanol–water partition coefficient (Wildman–Crippen LogP) is 2.32. The van der Waals surface area contributed by atoms with E-state index in [-0.39, 0.29) is 18.6 Å². The van der Waals surface area contributed by atoms with Gasteiger partial charge in [-0.25, -0.2) is 0 Å². The number of carbonyl (C=O) groups is 1. The molecule has 1 aromatic heterocycles. The first-order chi connectivity index (χ1) is 9.28. The van der Waals surface area contributed by atoms with Gasteiger partial charge in [-0.15, -0.1) is 0 Å². The molecule has 4 heteroatoms. The van der Waals surface area contributed by atoms with Crippen LogP contribution in [0.25, 0.3) is 11.0 Å². The van der Waals surface area contributed by atoms with Gasteiger partial charge >= 0.3 is 0 Å². The van der Waals surface area contributed by atoms with Crippen molar-refractivity contribution in [2.45, 2.75) is 25.3 Å². The van der Waals surface area contributed by atoms with Crippen LogP contribution in [0.4, 0.5) is 0 Å².